The molecule has 160 valence electrons. The zero-order chi connectivity index (χ0) is 21.4. The largest absolute Gasteiger partial charge is 0.464 e. The number of nitrogens with one attached hydrogen (secondary N) is 2. The second kappa shape index (κ2) is 7.82. The summed E-state index contributed by atoms with van der Waals surface area (Å²) in [6.45, 7) is -2.16. The van der Waals surface area contributed by atoms with Crippen LogP contribution in [0.1, 0.15) is 5.56 Å². The Morgan fingerprint density at radius 3 is 2.60 bits per heavy atom. The lowest BCUT2D eigenvalue weighted by atomic mass is 9.92. The van der Waals surface area contributed by atoms with Gasteiger partial charge in [-0.3, -0.25) is 8.78 Å². The molecule has 1 atom stereocenters. The maximum absolute atomic E-state index is 14.3. The van der Waals surface area contributed by atoms with E-state index in [1.165, 1.54) is 18.2 Å². The van der Waals surface area contributed by atoms with E-state index in [1.807, 2.05) is 0 Å². The molecule has 2 aliphatic heterocycles. The smallest absolute Gasteiger partial charge is 0.289 e. The third kappa shape index (κ3) is 3.71. The van der Waals surface area contributed by atoms with E-state index in [0.717, 1.165) is 5.56 Å². The van der Waals surface area contributed by atoms with Crippen molar-refractivity contribution in [2.75, 3.05) is 37.1 Å². The zero-order valence-corrected chi connectivity index (χ0v) is 16.7. The number of anilines is 2. The fourth-order valence-corrected chi connectivity index (χ4v) is 5.16. The molecule has 0 amide bonds. The van der Waals surface area contributed by atoms with E-state index in [4.69, 9.17) is 4.74 Å². The van der Waals surface area contributed by atoms with Crippen LogP contribution in [0.2, 0.25) is 0 Å². The van der Waals surface area contributed by atoms with Crippen LogP contribution >= 0.6 is 0 Å². The molecule has 0 spiro atoms. The van der Waals surface area contributed by atoms with Crippen molar-refractivity contribution < 1.29 is 26.3 Å². The molecule has 0 saturated heterocycles. The molecule has 0 fully saturated rings. The van der Waals surface area contributed by atoms with Crippen LogP contribution in [0.15, 0.2) is 52.4 Å². The molecule has 0 aromatic heterocycles. The highest BCUT2D eigenvalue weighted by molar-refractivity contribution is 7.92. The number of fused-ring (bicyclic) bond motifs is 1. The maximum atomic E-state index is 14.3. The number of aliphatic imine (C=N–C) groups is 1. The molecule has 0 radical (unpaired) electrons. The summed E-state index contributed by atoms with van der Waals surface area (Å²) < 4.78 is 71.0. The van der Waals surface area contributed by atoms with Crippen LogP contribution in [0, 0.1) is 11.2 Å². The first-order valence-corrected chi connectivity index (χ1v) is 10.9. The van der Waals surface area contributed by atoms with Gasteiger partial charge in [0.1, 0.15) is 31.1 Å². The van der Waals surface area contributed by atoms with Crippen LogP contribution < -0.4 is 10.6 Å². The van der Waals surface area contributed by atoms with E-state index in [-0.39, 0.29) is 29.8 Å². The Balaban J connectivity index is 1.50. The summed E-state index contributed by atoms with van der Waals surface area (Å²) in [4.78, 5) is 4.25. The van der Waals surface area contributed by atoms with Crippen molar-refractivity contribution >= 4 is 27.2 Å². The number of halogens is 3. The molecule has 2 aliphatic rings. The molecule has 2 aromatic carbocycles. The first kappa shape index (κ1) is 20.5. The van der Waals surface area contributed by atoms with Crippen LogP contribution in [0.25, 0.3) is 0 Å². The van der Waals surface area contributed by atoms with Gasteiger partial charge in [0.05, 0.1) is 22.5 Å². The Hall–Kier alpha value is -2.75. The molecule has 0 saturated carbocycles. The predicted molar refractivity (Wildman–Crippen MR) is 107 cm³/mol. The van der Waals surface area contributed by atoms with Gasteiger partial charge in [0, 0.05) is 12.1 Å². The summed E-state index contributed by atoms with van der Waals surface area (Å²) >= 11 is 0. The van der Waals surface area contributed by atoms with E-state index in [1.54, 1.807) is 24.3 Å². The van der Waals surface area contributed by atoms with Crippen molar-refractivity contribution in [1.29, 1.82) is 0 Å². The third-order valence-electron chi connectivity index (χ3n) is 5.23. The maximum Gasteiger partial charge on any atom is 0.289 e. The normalized spacial score (nSPS) is 21.3. The molecule has 10 heteroatoms. The van der Waals surface area contributed by atoms with Crippen molar-refractivity contribution in [2.45, 2.75) is 16.7 Å². The summed E-state index contributed by atoms with van der Waals surface area (Å²) in [5, 5.41) is 4.73. The SMILES string of the molecule is O=S1(=O)c2ccccc2C[C@@H]1Nc1ccc(F)c(NC2=NCC(CF)(CF)CO2)c1. The second-order valence-corrected chi connectivity index (χ2v) is 9.59. The van der Waals surface area contributed by atoms with Gasteiger partial charge in [-0.15, -0.1) is 0 Å². The van der Waals surface area contributed by atoms with Gasteiger partial charge in [0.2, 0.25) is 0 Å². The number of rotatable bonds is 5. The van der Waals surface area contributed by atoms with Gasteiger partial charge in [-0.2, -0.15) is 0 Å². The minimum Gasteiger partial charge on any atom is -0.464 e. The topological polar surface area (TPSA) is 79.8 Å². The average Bonchev–Trinajstić information content (AvgIpc) is 3.01. The minimum absolute atomic E-state index is 0.000319. The average molecular weight is 439 g/mol. The lowest BCUT2D eigenvalue weighted by Gasteiger charge is -2.30. The predicted octanol–water partition coefficient (Wildman–Crippen LogP) is 3.32. The van der Waals surface area contributed by atoms with Crippen LogP contribution in [0.5, 0.6) is 0 Å². The van der Waals surface area contributed by atoms with Crippen LogP contribution in [0.4, 0.5) is 24.5 Å². The Kier molecular flexibility index (Phi) is 5.35. The Morgan fingerprint density at radius 2 is 1.93 bits per heavy atom. The van der Waals surface area contributed by atoms with Gasteiger partial charge in [-0.05, 0) is 29.8 Å². The van der Waals surface area contributed by atoms with Crippen LogP contribution in [-0.4, -0.2) is 46.3 Å². The number of alkyl halides is 2. The Bertz CT molecular complexity index is 1090. The van der Waals surface area contributed by atoms with Crippen molar-refractivity contribution in [3.05, 3.63) is 53.8 Å². The molecule has 2 N–H and O–H groups in total. The lowest BCUT2D eigenvalue weighted by molar-refractivity contribution is 0.0672. The van der Waals surface area contributed by atoms with Crippen LogP contribution in [0.3, 0.4) is 0 Å². The summed E-state index contributed by atoms with van der Waals surface area (Å²) in [6, 6.07) is 10.7. The summed E-state index contributed by atoms with van der Waals surface area (Å²) in [5.74, 6) is -0.614. The van der Waals surface area contributed by atoms with E-state index < -0.39 is 39.8 Å². The number of hydrogen-bond acceptors (Lipinski definition) is 6. The standard InChI is InChI=1S/C20H20F3N3O3S/c21-9-20(10-22)11-24-19(29-12-20)26-16-8-14(5-6-15(16)23)25-18-7-13-3-1-2-4-17(13)30(18,27)28/h1-6,8,18,25H,7,9-12H2,(H,24,26)/t18-/m1/s1. The van der Waals surface area contributed by atoms with Gasteiger partial charge in [0.15, 0.2) is 9.84 Å². The fraction of sp³-hybridized carbons (Fsp3) is 0.350. The van der Waals surface area contributed by atoms with E-state index in [0.29, 0.717) is 12.1 Å². The first-order valence-electron chi connectivity index (χ1n) is 9.31. The highest BCUT2D eigenvalue weighted by Gasteiger charge is 2.37. The molecular formula is C20H20F3N3O3S. The van der Waals surface area contributed by atoms with Gasteiger partial charge < -0.3 is 15.4 Å². The molecule has 30 heavy (non-hydrogen) atoms. The molecular weight excluding hydrogens is 419 g/mol. The Labute approximate surface area is 172 Å². The second-order valence-electron chi connectivity index (χ2n) is 7.49. The number of hydrogen-bond donors (Lipinski definition) is 2. The number of amidine groups is 1. The number of nitrogens with zero attached hydrogens (tertiary/aromatic N) is 1. The van der Waals surface area contributed by atoms with Crippen LogP contribution in [-0.2, 0) is 21.0 Å². The molecule has 0 bridgehead atoms. The Morgan fingerprint density at radius 1 is 1.17 bits per heavy atom. The quantitative estimate of drug-likeness (QED) is 0.747. The van der Waals surface area contributed by atoms with E-state index >= 15 is 0 Å². The minimum atomic E-state index is -3.56. The van der Waals surface area contributed by atoms with E-state index in [2.05, 4.69) is 15.6 Å². The number of benzene rings is 2. The van der Waals surface area contributed by atoms with Crippen molar-refractivity contribution in [1.82, 2.24) is 0 Å². The van der Waals surface area contributed by atoms with Crippen molar-refractivity contribution in [3.63, 3.8) is 0 Å². The van der Waals surface area contributed by atoms with Gasteiger partial charge in [-0.1, -0.05) is 18.2 Å². The monoisotopic (exact) mass is 439 g/mol. The first-order chi connectivity index (χ1) is 14.4. The summed E-state index contributed by atoms with van der Waals surface area (Å²) in [7, 11) is -3.56. The molecule has 6 nitrogen and oxygen atoms in total. The number of ether oxygens (including phenoxy) is 1. The summed E-state index contributed by atoms with van der Waals surface area (Å²) in [5.41, 5.74) is -0.193. The third-order valence-corrected chi connectivity index (χ3v) is 7.28. The molecule has 4 rings (SSSR count). The van der Waals surface area contributed by atoms with E-state index in [9.17, 15) is 21.6 Å². The highest BCUT2D eigenvalue weighted by Crippen LogP contribution is 2.32. The van der Waals surface area contributed by atoms with Gasteiger partial charge in [-0.25, -0.2) is 17.8 Å². The highest BCUT2D eigenvalue weighted by atomic mass is 32.2. The zero-order valence-electron chi connectivity index (χ0n) is 15.9. The number of sulfone groups is 1. The van der Waals surface area contributed by atoms with Gasteiger partial charge in [0.25, 0.3) is 6.02 Å². The van der Waals surface area contributed by atoms with Gasteiger partial charge >= 0.3 is 0 Å². The molecule has 0 aliphatic carbocycles. The van der Waals surface area contributed by atoms with Crippen molar-refractivity contribution in [2.24, 2.45) is 10.4 Å². The fourth-order valence-electron chi connectivity index (χ4n) is 3.38. The molecule has 2 aromatic rings. The molecule has 0 unspecified atom stereocenters. The van der Waals surface area contributed by atoms with Crippen molar-refractivity contribution in [3.8, 4) is 0 Å². The molecule has 2 heterocycles. The summed E-state index contributed by atoms with van der Waals surface area (Å²) in [6.07, 6.45) is 0.295. The lowest BCUT2D eigenvalue weighted by Crippen LogP contribution is -2.41.